The van der Waals surface area contributed by atoms with Gasteiger partial charge in [0.15, 0.2) is 16.9 Å². The lowest BCUT2D eigenvalue weighted by atomic mass is 10.1. The summed E-state index contributed by atoms with van der Waals surface area (Å²) in [5.41, 5.74) is 6.20. The Morgan fingerprint density at radius 2 is 2.00 bits per heavy atom. The molecule has 3 rings (SSSR count). The van der Waals surface area contributed by atoms with Crippen molar-refractivity contribution >= 4 is 11.6 Å². The molecule has 7 heteroatoms. The van der Waals surface area contributed by atoms with Gasteiger partial charge in [-0.2, -0.15) is 0 Å². The van der Waals surface area contributed by atoms with Crippen LogP contribution in [0.25, 0.3) is 0 Å². The third-order valence-corrected chi connectivity index (χ3v) is 3.27. The molecule has 0 spiro atoms. The molecule has 2 heterocycles. The standard InChI is InChI=1S/C14H11ClF2N2O2/c15-13-4-3-12(20-13)11-6-14(18)21-19(11)7-8-1-2-9(16)10(17)5-8/h1-6,11H,7,18H2. The summed E-state index contributed by atoms with van der Waals surface area (Å²) in [5, 5.41) is 1.74. The summed E-state index contributed by atoms with van der Waals surface area (Å²) in [6.07, 6.45) is 1.65. The average Bonchev–Trinajstić information content (AvgIpc) is 3.00. The molecule has 1 aromatic carbocycles. The lowest BCUT2D eigenvalue weighted by molar-refractivity contribution is -0.131. The fourth-order valence-electron chi connectivity index (χ4n) is 2.12. The number of hydrogen-bond acceptors (Lipinski definition) is 4. The van der Waals surface area contributed by atoms with Crippen LogP contribution in [0.15, 0.2) is 46.7 Å². The van der Waals surface area contributed by atoms with E-state index in [9.17, 15) is 8.78 Å². The SMILES string of the molecule is NC1=CC(c2ccc(Cl)o2)N(Cc2ccc(F)c(F)c2)O1. The van der Waals surface area contributed by atoms with Crippen LogP contribution in [0, 0.1) is 11.6 Å². The van der Waals surface area contributed by atoms with Crippen molar-refractivity contribution < 1.29 is 18.0 Å². The smallest absolute Gasteiger partial charge is 0.207 e. The largest absolute Gasteiger partial charge is 0.448 e. The van der Waals surface area contributed by atoms with Crippen molar-refractivity contribution in [2.75, 3.05) is 0 Å². The van der Waals surface area contributed by atoms with E-state index in [-0.39, 0.29) is 23.7 Å². The van der Waals surface area contributed by atoms with Crippen molar-refractivity contribution in [3.8, 4) is 0 Å². The molecule has 0 fully saturated rings. The first-order valence-electron chi connectivity index (χ1n) is 6.14. The Morgan fingerprint density at radius 3 is 2.67 bits per heavy atom. The molecule has 1 aliphatic heterocycles. The molecule has 1 aromatic heterocycles. The predicted molar refractivity (Wildman–Crippen MR) is 71.7 cm³/mol. The number of benzene rings is 1. The molecule has 110 valence electrons. The van der Waals surface area contributed by atoms with Crippen LogP contribution in [-0.4, -0.2) is 5.06 Å². The van der Waals surface area contributed by atoms with Gasteiger partial charge in [0, 0.05) is 6.08 Å². The van der Waals surface area contributed by atoms with Crippen molar-refractivity contribution in [1.82, 2.24) is 5.06 Å². The molecule has 4 nitrogen and oxygen atoms in total. The Kier molecular flexibility index (Phi) is 3.57. The second-order valence-electron chi connectivity index (χ2n) is 4.57. The Labute approximate surface area is 124 Å². The zero-order chi connectivity index (χ0) is 15.0. The molecule has 2 N–H and O–H groups in total. The topological polar surface area (TPSA) is 51.6 Å². The van der Waals surface area contributed by atoms with Crippen LogP contribution >= 0.6 is 11.6 Å². The zero-order valence-corrected chi connectivity index (χ0v) is 11.5. The number of hydrogen-bond donors (Lipinski definition) is 1. The molecule has 1 aliphatic rings. The van der Waals surface area contributed by atoms with Crippen molar-refractivity contribution in [3.05, 3.63) is 70.5 Å². The molecule has 0 radical (unpaired) electrons. The lowest BCUT2D eigenvalue weighted by Gasteiger charge is -2.21. The van der Waals surface area contributed by atoms with Crippen LogP contribution < -0.4 is 5.73 Å². The van der Waals surface area contributed by atoms with Gasteiger partial charge in [-0.1, -0.05) is 6.07 Å². The van der Waals surface area contributed by atoms with E-state index in [1.807, 2.05) is 0 Å². The van der Waals surface area contributed by atoms with E-state index in [0.717, 1.165) is 12.1 Å². The molecule has 0 bridgehead atoms. The first kappa shape index (κ1) is 13.9. The van der Waals surface area contributed by atoms with E-state index >= 15 is 0 Å². The van der Waals surface area contributed by atoms with Crippen LogP contribution in [-0.2, 0) is 11.4 Å². The molecule has 2 aromatic rings. The van der Waals surface area contributed by atoms with Crippen molar-refractivity contribution in [2.24, 2.45) is 5.73 Å². The van der Waals surface area contributed by atoms with Gasteiger partial charge in [0.2, 0.25) is 5.88 Å². The summed E-state index contributed by atoms with van der Waals surface area (Å²) in [7, 11) is 0. The molecule has 1 atom stereocenters. The molecule has 1 unspecified atom stereocenters. The van der Waals surface area contributed by atoms with Gasteiger partial charge in [-0.25, -0.2) is 8.78 Å². The highest BCUT2D eigenvalue weighted by atomic mass is 35.5. The summed E-state index contributed by atoms with van der Waals surface area (Å²) in [4.78, 5) is 5.36. The van der Waals surface area contributed by atoms with E-state index in [1.54, 1.807) is 18.2 Å². The third-order valence-electron chi connectivity index (χ3n) is 3.06. The summed E-state index contributed by atoms with van der Waals surface area (Å²) < 4.78 is 31.5. The predicted octanol–water partition coefficient (Wildman–Crippen LogP) is 3.50. The van der Waals surface area contributed by atoms with Gasteiger partial charge < -0.3 is 15.0 Å². The first-order chi connectivity index (χ1) is 10.0. The van der Waals surface area contributed by atoms with Crippen molar-refractivity contribution in [2.45, 2.75) is 12.6 Å². The minimum atomic E-state index is -0.912. The molecule has 0 saturated heterocycles. The molecule has 0 amide bonds. The highest BCUT2D eigenvalue weighted by Gasteiger charge is 2.30. The molecule has 0 saturated carbocycles. The van der Waals surface area contributed by atoms with Gasteiger partial charge >= 0.3 is 0 Å². The fraction of sp³-hybridized carbons (Fsp3) is 0.143. The van der Waals surface area contributed by atoms with Gasteiger partial charge in [0.25, 0.3) is 0 Å². The van der Waals surface area contributed by atoms with Crippen LogP contribution in [0.2, 0.25) is 5.22 Å². The van der Waals surface area contributed by atoms with Crippen molar-refractivity contribution in [1.29, 1.82) is 0 Å². The quantitative estimate of drug-likeness (QED) is 0.942. The number of nitrogens with two attached hydrogens (primary N) is 1. The van der Waals surface area contributed by atoms with Gasteiger partial charge in [0.1, 0.15) is 11.8 Å². The van der Waals surface area contributed by atoms with Crippen LogP contribution in [0.5, 0.6) is 0 Å². The van der Waals surface area contributed by atoms with Gasteiger partial charge in [-0.3, -0.25) is 0 Å². The van der Waals surface area contributed by atoms with E-state index in [0.29, 0.717) is 11.3 Å². The second kappa shape index (κ2) is 5.38. The number of nitrogens with zero attached hydrogens (tertiary/aromatic N) is 1. The summed E-state index contributed by atoms with van der Waals surface area (Å²) in [5.74, 6) is -1.06. The Morgan fingerprint density at radius 1 is 1.19 bits per heavy atom. The maximum absolute atomic E-state index is 13.2. The molecule has 0 aliphatic carbocycles. The Hall–Kier alpha value is -2.05. The summed E-state index contributed by atoms with van der Waals surface area (Å²) >= 11 is 5.75. The highest BCUT2D eigenvalue weighted by molar-refractivity contribution is 6.28. The first-order valence-corrected chi connectivity index (χ1v) is 6.52. The number of halogens is 3. The minimum Gasteiger partial charge on any atom is -0.448 e. The molecular formula is C14H11ClF2N2O2. The average molecular weight is 313 g/mol. The van der Waals surface area contributed by atoms with E-state index in [4.69, 9.17) is 26.6 Å². The Balaban J connectivity index is 1.82. The molecule has 21 heavy (non-hydrogen) atoms. The van der Waals surface area contributed by atoms with E-state index in [1.165, 1.54) is 11.1 Å². The minimum absolute atomic E-state index is 0.204. The number of furan rings is 1. The van der Waals surface area contributed by atoms with Crippen LogP contribution in [0.4, 0.5) is 8.78 Å². The number of hydroxylamine groups is 2. The third kappa shape index (κ3) is 2.86. The van der Waals surface area contributed by atoms with Crippen LogP contribution in [0.1, 0.15) is 17.4 Å². The maximum Gasteiger partial charge on any atom is 0.207 e. The fourth-order valence-corrected chi connectivity index (χ4v) is 2.27. The van der Waals surface area contributed by atoms with Gasteiger partial charge in [-0.15, -0.1) is 5.06 Å². The lowest BCUT2D eigenvalue weighted by Crippen LogP contribution is -2.23. The van der Waals surface area contributed by atoms with Gasteiger partial charge in [-0.05, 0) is 41.4 Å². The molecular weight excluding hydrogens is 302 g/mol. The monoisotopic (exact) mass is 312 g/mol. The Bertz CT molecular complexity index is 702. The summed E-state index contributed by atoms with van der Waals surface area (Å²) in [6.45, 7) is 0.206. The number of rotatable bonds is 3. The summed E-state index contributed by atoms with van der Waals surface area (Å²) in [6, 6.07) is 6.57. The zero-order valence-electron chi connectivity index (χ0n) is 10.7. The van der Waals surface area contributed by atoms with E-state index < -0.39 is 11.6 Å². The van der Waals surface area contributed by atoms with E-state index in [2.05, 4.69) is 0 Å². The van der Waals surface area contributed by atoms with Gasteiger partial charge in [0.05, 0.1) is 6.54 Å². The second-order valence-corrected chi connectivity index (χ2v) is 4.94. The highest BCUT2D eigenvalue weighted by Crippen LogP contribution is 2.33. The maximum atomic E-state index is 13.2. The van der Waals surface area contributed by atoms with Crippen molar-refractivity contribution in [3.63, 3.8) is 0 Å². The van der Waals surface area contributed by atoms with Crippen LogP contribution in [0.3, 0.4) is 0 Å². The normalized spacial score (nSPS) is 18.6.